The molecule has 136 valence electrons. The van der Waals surface area contributed by atoms with Gasteiger partial charge in [0, 0.05) is 41.3 Å². The molecule has 0 unspecified atom stereocenters. The zero-order chi connectivity index (χ0) is 18.7. The first-order valence-corrected chi connectivity index (χ1v) is 8.59. The van der Waals surface area contributed by atoms with E-state index in [1.54, 1.807) is 12.3 Å². The molecule has 0 spiro atoms. The number of benzene rings is 1. The fraction of sp³-hybridized carbons (Fsp3) is 0.263. The molecule has 0 radical (unpaired) electrons. The Labute approximate surface area is 155 Å². The van der Waals surface area contributed by atoms with Gasteiger partial charge in [0.1, 0.15) is 4.99 Å². The topological polar surface area (TPSA) is 64.1 Å². The Bertz CT molecular complexity index is 938. The molecule has 0 aliphatic carbocycles. The van der Waals surface area contributed by atoms with E-state index in [0.717, 1.165) is 27.6 Å². The van der Waals surface area contributed by atoms with Crippen molar-refractivity contribution in [3.8, 4) is 11.1 Å². The van der Waals surface area contributed by atoms with Gasteiger partial charge in [-0.3, -0.25) is 13.8 Å². The number of nitrogens with two attached hydrogens (primary N) is 1. The van der Waals surface area contributed by atoms with Gasteiger partial charge in [-0.1, -0.05) is 24.4 Å². The van der Waals surface area contributed by atoms with Crippen molar-refractivity contribution in [2.75, 3.05) is 13.3 Å². The number of nitrogens with zero attached hydrogens (tertiary/aromatic N) is 2. The summed E-state index contributed by atoms with van der Waals surface area (Å²) in [6, 6.07) is 9.19. The first-order chi connectivity index (χ1) is 12.6. The highest BCUT2D eigenvalue weighted by Gasteiger charge is 2.16. The van der Waals surface area contributed by atoms with Crippen LogP contribution in [0.15, 0.2) is 42.7 Å². The number of thiocarbonyl (C=S) groups is 1. The summed E-state index contributed by atoms with van der Waals surface area (Å²) in [5, 5.41) is 10.3. The summed E-state index contributed by atoms with van der Waals surface area (Å²) < 4.78 is 27.9. The average Bonchev–Trinajstić information content (AvgIpc) is 3.03. The summed E-state index contributed by atoms with van der Waals surface area (Å²) in [6.45, 7) is -1.35. The summed E-state index contributed by atoms with van der Waals surface area (Å²) in [4.78, 5) is 4.35. The van der Waals surface area contributed by atoms with Gasteiger partial charge in [-0.2, -0.15) is 0 Å². The lowest BCUT2D eigenvalue weighted by molar-refractivity contribution is 0.264. The second kappa shape index (κ2) is 7.88. The van der Waals surface area contributed by atoms with E-state index < -0.39 is 19.3 Å². The summed E-state index contributed by atoms with van der Waals surface area (Å²) in [5.74, 6) is -0.708. The fourth-order valence-electron chi connectivity index (χ4n) is 2.97. The number of hydrogen-bond donors (Lipinski definition) is 2. The van der Waals surface area contributed by atoms with E-state index >= 15 is 0 Å². The van der Waals surface area contributed by atoms with Crippen LogP contribution in [-0.4, -0.2) is 33.0 Å². The molecule has 4 nitrogen and oxygen atoms in total. The molecule has 0 bridgehead atoms. The molecular formula is C19H19F2N3OS. The molecule has 3 N–H and O–H groups in total. The standard InChI is InChI=1S/C19H19F2N3OS/c20-7-13(8-21)9-24-10-16(14-3-4-23-17(6-14)19(22)26)15-2-1-12(11-25)5-18(15)24/h1-6,10,13,25H,7-9,11H2,(H2,22,26). The third-order valence-electron chi connectivity index (χ3n) is 4.34. The molecule has 0 aliphatic rings. The van der Waals surface area contributed by atoms with Crippen LogP contribution in [0.3, 0.4) is 0 Å². The number of hydrogen-bond acceptors (Lipinski definition) is 3. The molecule has 0 saturated carbocycles. The molecule has 26 heavy (non-hydrogen) atoms. The van der Waals surface area contributed by atoms with E-state index in [4.69, 9.17) is 18.0 Å². The second-order valence-corrected chi connectivity index (χ2v) is 6.61. The number of aromatic nitrogens is 2. The predicted molar refractivity (Wildman–Crippen MR) is 102 cm³/mol. The maximum Gasteiger partial charge on any atom is 0.122 e. The van der Waals surface area contributed by atoms with Gasteiger partial charge in [-0.15, -0.1) is 0 Å². The van der Waals surface area contributed by atoms with E-state index in [1.807, 2.05) is 35.0 Å². The molecule has 0 atom stereocenters. The van der Waals surface area contributed by atoms with Crippen molar-refractivity contribution in [3.63, 3.8) is 0 Å². The number of fused-ring (bicyclic) bond motifs is 1. The molecule has 3 aromatic rings. The van der Waals surface area contributed by atoms with Gasteiger partial charge in [-0.25, -0.2) is 0 Å². The van der Waals surface area contributed by atoms with Crippen molar-refractivity contribution >= 4 is 28.1 Å². The Morgan fingerprint density at radius 2 is 2.00 bits per heavy atom. The quantitative estimate of drug-likeness (QED) is 0.622. The van der Waals surface area contributed by atoms with Crippen LogP contribution in [0.25, 0.3) is 22.0 Å². The average molecular weight is 375 g/mol. The molecular weight excluding hydrogens is 356 g/mol. The number of halogens is 2. The Morgan fingerprint density at radius 3 is 2.65 bits per heavy atom. The number of aliphatic hydroxyl groups excluding tert-OH is 1. The largest absolute Gasteiger partial charge is 0.392 e. The van der Waals surface area contributed by atoms with E-state index in [2.05, 4.69) is 4.98 Å². The van der Waals surface area contributed by atoms with Gasteiger partial charge < -0.3 is 15.4 Å². The SMILES string of the molecule is NC(=S)c1cc(-c2cn(CC(CF)CF)c3cc(CO)ccc23)ccn1. The van der Waals surface area contributed by atoms with Crippen LogP contribution >= 0.6 is 12.2 Å². The van der Waals surface area contributed by atoms with Crippen LogP contribution in [0.4, 0.5) is 8.78 Å². The molecule has 7 heteroatoms. The molecule has 1 aromatic carbocycles. The van der Waals surface area contributed by atoms with Crippen LogP contribution in [0.2, 0.25) is 0 Å². The van der Waals surface area contributed by atoms with Crippen LogP contribution < -0.4 is 5.73 Å². The molecule has 0 fully saturated rings. The van der Waals surface area contributed by atoms with Crippen molar-refractivity contribution in [3.05, 3.63) is 54.0 Å². The minimum atomic E-state index is -0.730. The third kappa shape index (κ3) is 3.59. The van der Waals surface area contributed by atoms with Crippen LogP contribution in [0.5, 0.6) is 0 Å². The van der Waals surface area contributed by atoms with E-state index in [1.165, 1.54) is 0 Å². The molecule has 0 aliphatic heterocycles. The number of rotatable bonds is 7. The lowest BCUT2D eigenvalue weighted by Gasteiger charge is -2.11. The Kier molecular flexibility index (Phi) is 5.58. The molecule has 2 aromatic heterocycles. The van der Waals surface area contributed by atoms with E-state index in [9.17, 15) is 13.9 Å². The lowest BCUT2D eigenvalue weighted by atomic mass is 10.0. The highest BCUT2D eigenvalue weighted by molar-refractivity contribution is 7.80. The zero-order valence-electron chi connectivity index (χ0n) is 14.0. The Hall–Kier alpha value is -2.38. The number of aliphatic hydroxyl groups is 1. The minimum Gasteiger partial charge on any atom is -0.392 e. The zero-order valence-corrected chi connectivity index (χ0v) is 14.8. The highest BCUT2D eigenvalue weighted by atomic mass is 32.1. The van der Waals surface area contributed by atoms with Gasteiger partial charge in [0.25, 0.3) is 0 Å². The van der Waals surface area contributed by atoms with Gasteiger partial charge in [-0.05, 0) is 29.3 Å². The van der Waals surface area contributed by atoms with Crippen molar-refractivity contribution < 1.29 is 13.9 Å². The number of alkyl halides is 2. The van der Waals surface area contributed by atoms with Gasteiger partial charge in [0.15, 0.2) is 0 Å². The minimum absolute atomic E-state index is 0.104. The van der Waals surface area contributed by atoms with Gasteiger partial charge in [0.2, 0.25) is 0 Å². The maximum atomic E-state index is 13.0. The predicted octanol–water partition coefficient (Wildman–Crippen LogP) is 3.39. The molecule has 0 saturated heterocycles. The number of pyridine rings is 1. The molecule has 2 heterocycles. The third-order valence-corrected chi connectivity index (χ3v) is 4.55. The van der Waals surface area contributed by atoms with Crippen molar-refractivity contribution in [2.45, 2.75) is 13.2 Å². The van der Waals surface area contributed by atoms with Crippen molar-refractivity contribution in [2.24, 2.45) is 11.7 Å². The summed E-state index contributed by atoms with van der Waals surface area (Å²) in [5.41, 5.74) is 9.48. The second-order valence-electron chi connectivity index (χ2n) is 6.17. The highest BCUT2D eigenvalue weighted by Crippen LogP contribution is 2.32. The van der Waals surface area contributed by atoms with Crippen LogP contribution in [0, 0.1) is 5.92 Å². The first-order valence-electron chi connectivity index (χ1n) is 8.18. The van der Waals surface area contributed by atoms with Gasteiger partial charge >= 0.3 is 0 Å². The van der Waals surface area contributed by atoms with E-state index in [-0.39, 0.29) is 18.1 Å². The van der Waals surface area contributed by atoms with Crippen LogP contribution in [-0.2, 0) is 13.2 Å². The maximum absolute atomic E-state index is 13.0. The Morgan fingerprint density at radius 1 is 1.23 bits per heavy atom. The monoisotopic (exact) mass is 375 g/mol. The van der Waals surface area contributed by atoms with Crippen LogP contribution in [0.1, 0.15) is 11.3 Å². The molecule has 0 amide bonds. The van der Waals surface area contributed by atoms with E-state index in [0.29, 0.717) is 5.69 Å². The van der Waals surface area contributed by atoms with Gasteiger partial charge in [0.05, 0.1) is 25.6 Å². The van der Waals surface area contributed by atoms with Crippen molar-refractivity contribution in [1.29, 1.82) is 0 Å². The summed E-state index contributed by atoms with van der Waals surface area (Å²) >= 11 is 4.99. The van der Waals surface area contributed by atoms with Crippen molar-refractivity contribution in [1.82, 2.24) is 9.55 Å². The smallest absolute Gasteiger partial charge is 0.122 e. The fourth-order valence-corrected chi connectivity index (χ4v) is 3.08. The summed E-state index contributed by atoms with van der Waals surface area (Å²) in [6.07, 6.45) is 3.49. The normalized spacial score (nSPS) is 11.4. The molecule has 3 rings (SSSR count). The lowest BCUT2D eigenvalue weighted by Crippen LogP contribution is -2.14. The summed E-state index contributed by atoms with van der Waals surface area (Å²) in [7, 11) is 0. The first kappa shape index (κ1) is 18.4. The Balaban J connectivity index is 2.16.